The lowest BCUT2D eigenvalue weighted by Gasteiger charge is -2.36. The Hall–Kier alpha value is -2.67. The molecule has 1 amide bonds. The molecule has 162 valence electrons. The summed E-state index contributed by atoms with van der Waals surface area (Å²) in [5.41, 5.74) is 3.03. The fourth-order valence-corrected chi connectivity index (χ4v) is 5.15. The summed E-state index contributed by atoms with van der Waals surface area (Å²) >= 11 is 1.48. The van der Waals surface area contributed by atoms with Gasteiger partial charge in [-0.2, -0.15) is 0 Å². The van der Waals surface area contributed by atoms with Crippen molar-refractivity contribution in [2.24, 2.45) is 0 Å². The van der Waals surface area contributed by atoms with Gasteiger partial charge in [-0.15, -0.1) is 10.2 Å². The second-order valence-corrected chi connectivity index (χ2v) is 9.33. The topological polar surface area (TPSA) is 63.9 Å². The summed E-state index contributed by atoms with van der Waals surface area (Å²) in [6, 6.07) is 12.4. The summed E-state index contributed by atoms with van der Waals surface area (Å²) in [5.74, 6) is 0.924. The van der Waals surface area contributed by atoms with Gasteiger partial charge in [0.15, 0.2) is 11.0 Å². The van der Waals surface area contributed by atoms with Crippen LogP contribution in [0.5, 0.6) is 0 Å². The molecule has 4 rings (SSSR count). The molecule has 0 N–H and O–H groups in total. The van der Waals surface area contributed by atoms with Crippen LogP contribution in [0.15, 0.2) is 53.9 Å². The van der Waals surface area contributed by atoms with Crippen molar-refractivity contribution < 1.29 is 4.79 Å². The number of aryl methyl sites for hydroxylation is 1. The lowest BCUT2D eigenvalue weighted by Crippen LogP contribution is -2.46. The number of amides is 1. The quantitative estimate of drug-likeness (QED) is 0.515. The Balaban J connectivity index is 1.68. The summed E-state index contributed by atoms with van der Waals surface area (Å²) in [6.07, 6.45) is 7.94. The molecule has 1 saturated heterocycles. The van der Waals surface area contributed by atoms with Crippen LogP contribution in [0.2, 0.25) is 0 Å². The minimum atomic E-state index is -0.235. The molecular weight excluding hydrogens is 406 g/mol. The Morgan fingerprint density at radius 1 is 1.19 bits per heavy atom. The van der Waals surface area contributed by atoms with E-state index in [0.29, 0.717) is 6.04 Å². The summed E-state index contributed by atoms with van der Waals surface area (Å²) in [5, 5.41) is 9.47. The predicted octanol–water partition coefficient (Wildman–Crippen LogP) is 4.91. The van der Waals surface area contributed by atoms with Crippen molar-refractivity contribution in [1.29, 1.82) is 0 Å². The molecule has 0 radical (unpaired) electrons. The van der Waals surface area contributed by atoms with Crippen LogP contribution in [-0.4, -0.2) is 48.4 Å². The number of likely N-dealkylation sites (tertiary alicyclic amines) is 1. The largest absolute Gasteiger partial charge is 0.339 e. The van der Waals surface area contributed by atoms with Crippen molar-refractivity contribution >= 4 is 17.7 Å². The highest BCUT2D eigenvalue weighted by Gasteiger charge is 2.30. The first-order valence-electron chi connectivity index (χ1n) is 11.0. The summed E-state index contributed by atoms with van der Waals surface area (Å²) < 4.78 is 2.05. The van der Waals surface area contributed by atoms with E-state index in [0.717, 1.165) is 53.6 Å². The van der Waals surface area contributed by atoms with Crippen LogP contribution < -0.4 is 0 Å². The Bertz CT molecular complexity index is 1040. The van der Waals surface area contributed by atoms with Gasteiger partial charge in [-0.3, -0.25) is 14.3 Å². The number of nitrogens with zero attached hydrogens (tertiary/aromatic N) is 5. The number of hydrogen-bond donors (Lipinski definition) is 0. The highest BCUT2D eigenvalue weighted by Crippen LogP contribution is 2.32. The summed E-state index contributed by atoms with van der Waals surface area (Å²) in [6.45, 7) is 7.08. The third-order valence-electron chi connectivity index (χ3n) is 5.92. The highest BCUT2D eigenvalue weighted by atomic mass is 32.2. The maximum absolute atomic E-state index is 13.3. The van der Waals surface area contributed by atoms with E-state index in [4.69, 9.17) is 0 Å². The third kappa shape index (κ3) is 4.51. The van der Waals surface area contributed by atoms with E-state index in [-0.39, 0.29) is 11.2 Å². The summed E-state index contributed by atoms with van der Waals surface area (Å²) in [4.78, 5) is 19.6. The van der Waals surface area contributed by atoms with Gasteiger partial charge >= 0.3 is 0 Å². The van der Waals surface area contributed by atoms with Crippen molar-refractivity contribution in [3.8, 4) is 17.1 Å². The average molecular weight is 436 g/mol. The minimum Gasteiger partial charge on any atom is -0.339 e. The molecule has 1 aliphatic rings. The van der Waals surface area contributed by atoms with Crippen molar-refractivity contribution in [2.45, 2.75) is 62.9 Å². The number of thioether (sulfide) groups is 1. The summed E-state index contributed by atoms with van der Waals surface area (Å²) in [7, 11) is 0. The molecule has 1 aromatic carbocycles. The fraction of sp³-hybridized carbons (Fsp3) is 0.417. The Morgan fingerprint density at radius 2 is 2.03 bits per heavy atom. The number of aromatic nitrogens is 4. The first kappa shape index (κ1) is 21.6. The zero-order chi connectivity index (χ0) is 21.8. The zero-order valence-corrected chi connectivity index (χ0v) is 19.2. The van der Waals surface area contributed by atoms with Gasteiger partial charge in [-0.1, -0.05) is 36.9 Å². The smallest absolute Gasteiger partial charge is 0.236 e. The van der Waals surface area contributed by atoms with Crippen molar-refractivity contribution in [3.63, 3.8) is 0 Å². The van der Waals surface area contributed by atoms with Gasteiger partial charge in [0.1, 0.15) is 0 Å². The number of piperidine rings is 1. The van der Waals surface area contributed by atoms with E-state index in [1.807, 2.05) is 35.8 Å². The number of rotatable bonds is 6. The molecule has 0 spiro atoms. The fourth-order valence-electron chi connectivity index (χ4n) is 4.22. The van der Waals surface area contributed by atoms with E-state index in [9.17, 15) is 4.79 Å². The highest BCUT2D eigenvalue weighted by molar-refractivity contribution is 8.00. The molecule has 3 heterocycles. The molecule has 0 saturated carbocycles. The Labute approximate surface area is 188 Å². The SMILES string of the molecule is CCC1CCCCN1C(=O)C(C)Sc1nnc(-c2cccnc2)n1-c1ccccc1C. The van der Waals surface area contributed by atoms with E-state index in [1.54, 1.807) is 12.4 Å². The van der Waals surface area contributed by atoms with Gasteiger partial charge in [-0.25, -0.2) is 0 Å². The zero-order valence-electron chi connectivity index (χ0n) is 18.4. The van der Waals surface area contributed by atoms with Crippen LogP contribution in [0.3, 0.4) is 0 Å². The van der Waals surface area contributed by atoms with Gasteiger partial charge in [0, 0.05) is 30.5 Å². The van der Waals surface area contributed by atoms with Crippen LogP contribution >= 0.6 is 11.8 Å². The molecule has 2 aromatic heterocycles. The molecule has 3 aromatic rings. The maximum atomic E-state index is 13.3. The number of para-hydroxylation sites is 1. The second kappa shape index (κ2) is 9.64. The lowest BCUT2D eigenvalue weighted by molar-refractivity contribution is -0.134. The molecule has 7 heteroatoms. The van der Waals surface area contributed by atoms with Crippen molar-refractivity contribution in [3.05, 3.63) is 54.4 Å². The van der Waals surface area contributed by atoms with Crippen LogP contribution in [0.1, 0.15) is 45.1 Å². The van der Waals surface area contributed by atoms with Gasteiger partial charge in [0.25, 0.3) is 0 Å². The number of pyridine rings is 1. The molecule has 0 bridgehead atoms. The first-order valence-corrected chi connectivity index (χ1v) is 11.9. The predicted molar refractivity (Wildman–Crippen MR) is 124 cm³/mol. The number of benzene rings is 1. The molecule has 6 nitrogen and oxygen atoms in total. The van der Waals surface area contributed by atoms with E-state index < -0.39 is 0 Å². The van der Waals surface area contributed by atoms with Gasteiger partial charge in [-0.05, 0) is 63.3 Å². The van der Waals surface area contributed by atoms with E-state index in [1.165, 1.54) is 18.2 Å². The van der Waals surface area contributed by atoms with Gasteiger partial charge in [0.2, 0.25) is 5.91 Å². The number of carbonyl (C=O) groups is 1. The maximum Gasteiger partial charge on any atom is 0.236 e. The molecule has 2 unspecified atom stereocenters. The van der Waals surface area contributed by atoms with Crippen LogP contribution in [-0.2, 0) is 4.79 Å². The second-order valence-electron chi connectivity index (χ2n) is 8.02. The minimum absolute atomic E-state index is 0.193. The molecule has 31 heavy (non-hydrogen) atoms. The number of carbonyl (C=O) groups excluding carboxylic acids is 1. The van der Waals surface area contributed by atoms with E-state index in [2.05, 4.69) is 46.1 Å². The monoisotopic (exact) mass is 435 g/mol. The molecule has 1 aliphatic heterocycles. The van der Waals surface area contributed by atoms with Crippen LogP contribution in [0.4, 0.5) is 0 Å². The average Bonchev–Trinajstić information content (AvgIpc) is 3.22. The van der Waals surface area contributed by atoms with Gasteiger partial charge in [0.05, 0.1) is 10.9 Å². The van der Waals surface area contributed by atoms with Crippen LogP contribution in [0, 0.1) is 6.92 Å². The first-order chi connectivity index (χ1) is 15.1. The molecule has 2 atom stereocenters. The standard InChI is InChI=1S/C24H29N5OS/c1-4-20-12-7-8-15-28(20)23(30)18(3)31-24-27-26-22(19-11-9-14-25-16-19)29(24)21-13-6-5-10-17(21)2/h5-6,9-11,13-14,16,18,20H,4,7-8,12,15H2,1-3H3. The number of hydrogen-bond acceptors (Lipinski definition) is 5. The van der Waals surface area contributed by atoms with Gasteiger partial charge < -0.3 is 4.90 Å². The Kier molecular flexibility index (Phi) is 6.70. The van der Waals surface area contributed by atoms with Crippen molar-refractivity contribution in [2.75, 3.05) is 6.54 Å². The van der Waals surface area contributed by atoms with Crippen molar-refractivity contribution in [1.82, 2.24) is 24.6 Å². The molecule has 1 fully saturated rings. The lowest BCUT2D eigenvalue weighted by atomic mass is 10.00. The Morgan fingerprint density at radius 3 is 2.77 bits per heavy atom. The van der Waals surface area contributed by atoms with Crippen LogP contribution in [0.25, 0.3) is 17.1 Å². The molecular formula is C24H29N5OS. The normalized spacial score (nSPS) is 17.5. The van der Waals surface area contributed by atoms with E-state index >= 15 is 0 Å². The molecule has 0 aliphatic carbocycles. The third-order valence-corrected chi connectivity index (χ3v) is 6.95.